The first-order chi connectivity index (χ1) is 18.1. The minimum absolute atomic E-state index is 0.0118. The van der Waals surface area contributed by atoms with E-state index < -0.39 is 11.7 Å². The van der Waals surface area contributed by atoms with Crippen LogP contribution in [-0.4, -0.2) is 33.1 Å². The van der Waals surface area contributed by atoms with Crippen molar-refractivity contribution in [3.05, 3.63) is 58.5 Å². The van der Waals surface area contributed by atoms with E-state index in [1.165, 1.54) is 25.4 Å². The first-order valence-corrected chi connectivity index (χ1v) is 12.4. The van der Waals surface area contributed by atoms with E-state index in [0.717, 1.165) is 18.4 Å². The third-order valence-electron chi connectivity index (χ3n) is 7.02. The number of aromatic nitrogens is 4. The van der Waals surface area contributed by atoms with Crippen molar-refractivity contribution in [1.29, 1.82) is 0 Å². The van der Waals surface area contributed by atoms with Crippen LogP contribution < -0.4 is 21.1 Å². The number of rotatable bonds is 4. The number of nitrogen functional groups attached to an aromatic ring is 2. The quantitative estimate of drug-likeness (QED) is 0.344. The number of hydrogen-bond acceptors (Lipinski definition) is 8. The highest BCUT2D eigenvalue weighted by Gasteiger charge is 2.41. The summed E-state index contributed by atoms with van der Waals surface area (Å²) >= 11 is 6.79. The smallest absolute Gasteiger partial charge is 0.418 e. The van der Waals surface area contributed by atoms with E-state index in [9.17, 15) is 13.2 Å². The van der Waals surface area contributed by atoms with Gasteiger partial charge >= 0.3 is 6.18 Å². The Kier molecular flexibility index (Phi) is 5.71. The molecule has 12 heteroatoms. The van der Waals surface area contributed by atoms with Crippen molar-refractivity contribution in [3.8, 4) is 17.0 Å². The Hall–Kier alpha value is -3.86. The van der Waals surface area contributed by atoms with Gasteiger partial charge in [-0.2, -0.15) is 13.2 Å². The van der Waals surface area contributed by atoms with Crippen LogP contribution in [0.5, 0.6) is 5.75 Å². The Bertz CT molecular complexity index is 1580. The molecule has 0 saturated heterocycles. The van der Waals surface area contributed by atoms with Crippen LogP contribution >= 0.6 is 11.6 Å². The maximum Gasteiger partial charge on any atom is 0.418 e. The van der Waals surface area contributed by atoms with Crippen molar-refractivity contribution < 1.29 is 17.9 Å². The minimum Gasteiger partial charge on any atom is -0.489 e. The predicted octanol–water partition coefficient (Wildman–Crippen LogP) is 5.58. The molecule has 1 saturated carbocycles. The number of alkyl halides is 3. The fourth-order valence-corrected chi connectivity index (χ4v) is 5.61. The van der Waals surface area contributed by atoms with Gasteiger partial charge in [0.15, 0.2) is 5.75 Å². The second-order valence-corrected chi connectivity index (χ2v) is 9.92. The summed E-state index contributed by atoms with van der Waals surface area (Å²) in [6.07, 6.45) is 0.406. The fourth-order valence-electron chi connectivity index (χ4n) is 5.32. The molecule has 2 aliphatic rings. The molecule has 4 heterocycles. The summed E-state index contributed by atoms with van der Waals surface area (Å²) in [7, 11) is 0. The molecule has 0 spiro atoms. The summed E-state index contributed by atoms with van der Waals surface area (Å²) in [6.45, 7) is 2.00. The average molecular weight is 542 g/mol. The molecule has 196 valence electrons. The van der Waals surface area contributed by atoms with E-state index >= 15 is 0 Å². The predicted molar refractivity (Wildman–Crippen MR) is 139 cm³/mol. The summed E-state index contributed by atoms with van der Waals surface area (Å²) in [5.41, 5.74) is 12.1. The van der Waals surface area contributed by atoms with E-state index in [1.807, 2.05) is 12.1 Å². The number of ether oxygens (including phenoxy) is 1. The Morgan fingerprint density at radius 3 is 2.66 bits per heavy atom. The zero-order valence-corrected chi connectivity index (χ0v) is 21.0. The van der Waals surface area contributed by atoms with Gasteiger partial charge in [-0.05, 0) is 49.4 Å². The largest absolute Gasteiger partial charge is 0.489 e. The van der Waals surface area contributed by atoms with Gasteiger partial charge < -0.3 is 21.1 Å². The van der Waals surface area contributed by atoms with Crippen LogP contribution in [0, 0.1) is 12.8 Å². The molecule has 0 bridgehead atoms. The van der Waals surface area contributed by atoms with Crippen molar-refractivity contribution in [2.24, 2.45) is 5.92 Å². The highest BCUT2D eigenvalue weighted by molar-refractivity contribution is 6.36. The average Bonchev–Trinajstić information content (AvgIpc) is 3.70. The van der Waals surface area contributed by atoms with Crippen LogP contribution in [0.2, 0.25) is 5.02 Å². The number of aryl methyl sites for hydroxylation is 1. The first-order valence-electron chi connectivity index (χ1n) is 12.1. The fraction of sp³-hybridized carbons (Fsp3) is 0.308. The molecular formula is C26H23ClF3N7O. The van der Waals surface area contributed by atoms with E-state index in [1.54, 1.807) is 6.20 Å². The molecular weight excluding hydrogens is 519 g/mol. The maximum absolute atomic E-state index is 14.1. The Morgan fingerprint density at radius 1 is 1.16 bits per heavy atom. The maximum atomic E-state index is 14.1. The van der Waals surface area contributed by atoms with Gasteiger partial charge in [-0.15, -0.1) is 0 Å². The van der Waals surface area contributed by atoms with Gasteiger partial charge in [-0.25, -0.2) is 19.9 Å². The van der Waals surface area contributed by atoms with Crippen LogP contribution in [0.1, 0.15) is 35.6 Å². The van der Waals surface area contributed by atoms with Crippen molar-refractivity contribution in [1.82, 2.24) is 19.9 Å². The molecule has 1 aliphatic carbocycles. The number of nitrogens with zero attached hydrogens (tertiary/aromatic N) is 5. The summed E-state index contributed by atoms with van der Waals surface area (Å²) in [5.74, 6) is 1.52. The number of anilines is 3. The van der Waals surface area contributed by atoms with Gasteiger partial charge in [-0.1, -0.05) is 17.7 Å². The lowest BCUT2D eigenvalue weighted by atomic mass is 9.98. The Labute approximate surface area is 220 Å². The lowest BCUT2D eigenvalue weighted by Gasteiger charge is -2.33. The monoisotopic (exact) mass is 541 g/mol. The van der Waals surface area contributed by atoms with Crippen LogP contribution in [-0.2, 0) is 6.18 Å². The molecule has 1 fully saturated rings. The summed E-state index contributed by atoms with van der Waals surface area (Å²) in [6, 6.07) is 6.37. The standard InChI is InChI=1S/C26H23ClF3N7O/c1-12-9-17(31)36-21(19(12)26(28,29)30)15-10-16-18-23(20(15)27)38-8-7-37(25(18)35-11-34-16)22(13-4-5-13)14-3-2-6-33-24(14)32/h2-3,6,9-11,13,22H,4-5,7-8H2,1H3,(H2,31,36)(H2,32,33). The molecule has 38 heavy (non-hydrogen) atoms. The number of nitrogens with two attached hydrogens (primary N) is 2. The SMILES string of the molecule is Cc1cc(N)nc(-c2cc3ncnc4c3c(c2Cl)OCCN4C(c2cccnc2N)C2CC2)c1C(F)(F)F. The Morgan fingerprint density at radius 2 is 1.95 bits per heavy atom. The highest BCUT2D eigenvalue weighted by atomic mass is 35.5. The molecule has 1 aromatic carbocycles. The van der Waals surface area contributed by atoms with Crippen molar-refractivity contribution in [3.63, 3.8) is 0 Å². The zero-order chi connectivity index (χ0) is 26.8. The van der Waals surface area contributed by atoms with Gasteiger partial charge in [-0.3, -0.25) is 0 Å². The second kappa shape index (κ2) is 8.87. The zero-order valence-electron chi connectivity index (χ0n) is 20.3. The summed E-state index contributed by atoms with van der Waals surface area (Å²) in [5, 5.41) is 0.503. The molecule has 8 nitrogen and oxygen atoms in total. The van der Waals surface area contributed by atoms with E-state index in [0.29, 0.717) is 35.0 Å². The lowest BCUT2D eigenvalue weighted by molar-refractivity contribution is -0.137. The molecule has 4 aromatic rings. The number of hydrogen-bond donors (Lipinski definition) is 2. The molecule has 6 rings (SSSR count). The molecule has 1 atom stereocenters. The van der Waals surface area contributed by atoms with Gasteiger partial charge in [0.25, 0.3) is 0 Å². The van der Waals surface area contributed by atoms with Crippen LogP contribution in [0.3, 0.4) is 0 Å². The van der Waals surface area contributed by atoms with Crippen LogP contribution in [0.15, 0.2) is 36.8 Å². The normalized spacial score (nSPS) is 16.3. The van der Waals surface area contributed by atoms with Crippen LogP contribution in [0.4, 0.5) is 30.6 Å². The van der Waals surface area contributed by atoms with E-state index in [4.69, 9.17) is 27.8 Å². The van der Waals surface area contributed by atoms with E-state index in [2.05, 4.69) is 24.8 Å². The highest BCUT2D eigenvalue weighted by Crippen LogP contribution is 2.52. The van der Waals surface area contributed by atoms with Crippen molar-refractivity contribution in [2.45, 2.75) is 32.0 Å². The first kappa shape index (κ1) is 24.5. The van der Waals surface area contributed by atoms with Crippen LogP contribution in [0.25, 0.3) is 22.2 Å². The second-order valence-electron chi connectivity index (χ2n) is 9.55. The minimum atomic E-state index is -4.68. The topological polar surface area (TPSA) is 116 Å². The number of benzene rings is 1. The molecule has 3 aromatic heterocycles. The Balaban J connectivity index is 1.58. The van der Waals surface area contributed by atoms with Gasteiger partial charge in [0.05, 0.1) is 39.8 Å². The molecule has 0 radical (unpaired) electrons. The number of halogens is 4. The van der Waals surface area contributed by atoms with E-state index in [-0.39, 0.29) is 46.1 Å². The number of pyridine rings is 2. The molecule has 0 amide bonds. The summed E-state index contributed by atoms with van der Waals surface area (Å²) in [4.78, 5) is 19.4. The molecule has 1 unspecified atom stereocenters. The van der Waals surface area contributed by atoms with Crippen molar-refractivity contribution in [2.75, 3.05) is 29.5 Å². The van der Waals surface area contributed by atoms with Gasteiger partial charge in [0, 0.05) is 17.3 Å². The van der Waals surface area contributed by atoms with Gasteiger partial charge in [0.1, 0.15) is 30.4 Å². The van der Waals surface area contributed by atoms with Crippen molar-refractivity contribution >= 4 is 40.0 Å². The van der Waals surface area contributed by atoms with Gasteiger partial charge in [0.2, 0.25) is 0 Å². The molecule has 1 aliphatic heterocycles. The third-order valence-corrected chi connectivity index (χ3v) is 7.40. The lowest BCUT2D eigenvalue weighted by Crippen LogP contribution is -2.34. The third kappa shape index (κ3) is 4.01. The molecule has 4 N–H and O–H groups in total. The summed E-state index contributed by atoms with van der Waals surface area (Å²) < 4.78 is 48.4.